The summed E-state index contributed by atoms with van der Waals surface area (Å²) in [6.07, 6.45) is 0.399. The first-order valence-corrected chi connectivity index (χ1v) is 12.7. The molecule has 206 valence electrons. The number of nitrogens with one attached hydrogen (secondary N) is 1. The Kier molecular flexibility index (Phi) is 8.23. The van der Waals surface area contributed by atoms with Crippen molar-refractivity contribution in [3.05, 3.63) is 69.6 Å². The number of rotatable bonds is 9. The van der Waals surface area contributed by atoms with Crippen LogP contribution < -0.4 is 20.4 Å². The average molecular weight is 537 g/mol. The molecule has 3 aromatic rings. The van der Waals surface area contributed by atoms with Crippen LogP contribution in [0.3, 0.4) is 0 Å². The Morgan fingerprint density at radius 2 is 1.77 bits per heavy atom. The standard InChI is InChI=1S/C29H32N2O8/c1-18-21(27(35)39-23-16-20(37-2)15-22(38-3)26(18)23)17-24(32)31-13-10-29(11-14-31,19-7-5-4-6-8-19)28(36)30-12-9-25(33)34/h4-8,15-16H,9-14,17H2,1-3H3,(H,30,36)(H,33,34). The Balaban J connectivity index is 1.55. The Labute approximate surface area is 225 Å². The van der Waals surface area contributed by atoms with Crippen LogP contribution in [0.25, 0.3) is 11.0 Å². The van der Waals surface area contributed by atoms with Gasteiger partial charge in [-0.1, -0.05) is 30.3 Å². The van der Waals surface area contributed by atoms with E-state index in [0.29, 0.717) is 54.0 Å². The highest BCUT2D eigenvalue weighted by molar-refractivity contribution is 5.91. The van der Waals surface area contributed by atoms with Crippen LogP contribution in [0.1, 0.15) is 36.0 Å². The molecule has 1 fully saturated rings. The second kappa shape index (κ2) is 11.6. The Morgan fingerprint density at radius 1 is 1.08 bits per heavy atom. The summed E-state index contributed by atoms with van der Waals surface area (Å²) in [4.78, 5) is 52.1. The van der Waals surface area contributed by atoms with Crippen LogP contribution in [-0.4, -0.2) is 61.6 Å². The molecule has 0 radical (unpaired) electrons. The molecule has 0 unspecified atom stereocenters. The quantitative estimate of drug-likeness (QED) is 0.399. The summed E-state index contributed by atoms with van der Waals surface area (Å²) in [5.74, 6) is -0.540. The number of benzene rings is 2. The van der Waals surface area contributed by atoms with E-state index in [1.54, 1.807) is 24.0 Å². The van der Waals surface area contributed by atoms with Gasteiger partial charge in [0.15, 0.2) is 0 Å². The molecule has 2 heterocycles. The number of carboxylic acids is 1. The first-order chi connectivity index (χ1) is 18.7. The van der Waals surface area contributed by atoms with Crippen LogP contribution in [0.4, 0.5) is 0 Å². The number of fused-ring (bicyclic) bond motifs is 1. The van der Waals surface area contributed by atoms with Crippen LogP contribution >= 0.6 is 0 Å². The normalized spacial score (nSPS) is 14.6. The zero-order valence-corrected chi connectivity index (χ0v) is 22.2. The molecule has 0 saturated carbocycles. The predicted molar refractivity (Wildman–Crippen MR) is 143 cm³/mol. The monoisotopic (exact) mass is 536 g/mol. The fraction of sp³-hybridized carbons (Fsp3) is 0.379. The first kappa shape index (κ1) is 27.7. The van der Waals surface area contributed by atoms with Crippen LogP contribution in [0.15, 0.2) is 51.7 Å². The maximum atomic E-state index is 13.4. The smallest absolute Gasteiger partial charge is 0.340 e. The number of methoxy groups -OCH3 is 2. The average Bonchev–Trinajstić information content (AvgIpc) is 2.94. The summed E-state index contributed by atoms with van der Waals surface area (Å²) in [7, 11) is 3.01. The zero-order chi connectivity index (χ0) is 28.2. The number of likely N-dealkylation sites (tertiary alicyclic amines) is 1. The molecule has 0 spiro atoms. The van der Waals surface area contributed by atoms with Crippen molar-refractivity contribution < 1.29 is 33.4 Å². The second-order valence-corrected chi connectivity index (χ2v) is 9.60. The minimum Gasteiger partial charge on any atom is -0.496 e. The van der Waals surface area contributed by atoms with E-state index in [1.807, 2.05) is 30.3 Å². The molecule has 2 amide bonds. The minimum atomic E-state index is -0.991. The van der Waals surface area contributed by atoms with Crippen LogP contribution in [-0.2, 0) is 26.2 Å². The molecule has 0 bridgehead atoms. The van der Waals surface area contributed by atoms with E-state index in [-0.39, 0.29) is 36.8 Å². The highest BCUT2D eigenvalue weighted by Gasteiger charge is 2.43. The number of ether oxygens (including phenoxy) is 2. The Bertz CT molecular complexity index is 1440. The van der Waals surface area contributed by atoms with Gasteiger partial charge in [0.2, 0.25) is 11.8 Å². The lowest BCUT2D eigenvalue weighted by atomic mass is 9.72. The van der Waals surface area contributed by atoms with Crippen molar-refractivity contribution in [1.82, 2.24) is 10.2 Å². The molecule has 1 aliphatic heterocycles. The lowest BCUT2D eigenvalue weighted by Crippen LogP contribution is -2.53. The molecule has 1 saturated heterocycles. The summed E-state index contributed by atoms with van der Waals surface area (Å²) in [5.41, 5.74) is 0.491. The van der Waals surface area contributed by atoms with E-state index < -0.39 is 17.0 Å². The Hall–Kier alpha value is -4.34. The van der Waals surface area contributed by atoms with Crippen molar-refractivity contribution in [2.75, 3.05) is 33.9 Å². The van der Waals surface area contributed by atoms with Crippen molar-refractivity contribution in [2.24, 2.45) is 0 Å². The van der Waals surface area contributed by atoms with Gasteiger partial charge in [-0.25, -0.2) is 4.79 Å². The van der Waals surface area contributed by atoms with Gasteiger partial charge in [0.25, 0.3) is 0 Å². The number of carbonyl (C=O) groups excluding carboxylic acids is 2. The number of aryl methyl sites for hydroxylation is 1. The highest BCUT2D eigenvalue weighted by Crippen LogP contribution is 2.37. The number of amides is 2. The van der Waals surface area contributed by atoms with E-state index >= 15 is 0 Å². The number of carbonyl (C=O) groups is 3. The van der Waals surface area contributed by atoms with Crippen molar-refractivity contribution in [3.63, 3.8) is 0 Å². The number of aliphatic carboxylic acids is 1. The summed E-state index contributed by atoms with van der Waals surface area (Å²) >= 11 is 0. The molecule has 10 nitrogen and oxygen atoms in total. The van der Waals surface area contributed by atoms with E-state index in [9.17, 15) is 19.2 Å². The molecule has 2 aromatic carbocycles. The second-order valence-electron chi connectivity index (χ2n) is 9.60. The third-order valence-electron chi connectivity index (χ3n) is 7.45. The fourth-order valence-corrected chi connectivity index (χ4v) is 5.22. The molecule has 39 heavy (non-hydrogen) atoms. The SMILES string of the molecule is COc1cc(OC)c2c(C)c(CC(=O)N3CCC(C(=O)NCCC(=O)O)(c4ccccc4)CC3)c(=O)oc2c1. The van der Waals surface area contributed by atoms with Gasteiger partial charge in [0, 0.05) is 31.8 Å². The van der Waals surface area contributed by atoms with Gasteiger partial charge in [-0.05, 0) is 30.9 Å². The first-order valence-electron chi connectivity index (χ1n) is 12.7. The molecule has 2 N–H and O–H groups in total. The van der Waals surface area contributed by atoms with Gasteiger partial charge in [-0.15, -0.1) is 0 Å². The lowest BCUT2D eigenvalue weighted by Gasteiger charge is -2.41. The molecule has 0 atom stereocenters. The van der Waals surface area contributed by atoms with Crippen LogP contribution in [0.5, 0.6) is 11.5 Å². The lowest BCUT2D eigenvalue weighted by molar-refractivity contribution is -0.138. The van der Waals surface area contributed by atoms with Crippen molar-refractivity contribution in [2.45, 2.75) is 38.0 Å². The fourth-order valence-electron chi connectivity index (χ4n) is 5.22. The van der Waals surface area contributed by atoms with E-state index in [4.69, 9.17) is 19.0 Å². The summed E-state index contributed by atoms with van der Waals surface area (Å²) < 4.78 is 16.3. The van der Waals surface area contributed by atoms with E-state index in [2.05, 4.69) is 5.32 Å². The minimum absolute atomic E-state index is 0.0255. The largest absolute Gasteiger partial charge is 0.496 e. The molecule has 0 aliphatic carbocycles. The number of hydrogen-bond acceptors (Lipinski definition) is 7. The van der Waals surface area contributed by atoms with Crippen molar-refractivity contribution in [1.29, 1.82) is 0 Å². The van der Waals surface area contributed by atoms with Crippen molar-refractivity contribution >= 4 is 28.8 Å². The van der Waals surface area contributed by atoms with Gasteiger partial charge < -0.3 is 29.2 Å². The molecule has 1 aliphatic rings. The van der Waals surface area contributed by atoms with E-state index in [0.717, 1.165) is 5.56 Å². The maximum Gasteiger partial charge on any atom is 0.340 e. The topological polar surface area (TPSA) is 135 Å². The third-order valence-corrected chi connectivity index (χ3v) is 7.45. The number of piperidine rings is 1. The van der Waals surface area contributed by atoms with Crippen LogP contribution in [0.2, 0.25) is 0 Å². The molecule has 4 rings (SSSR count). The summed E-state index contributed by atoms with van der Waals surface area (Å²) in [5, 5.41) is 12.3. The highest BCUT2D eigenvalue weighted by atomic mass is 16.5. The van der Waals surface area contributed by atoms with Gasteiger partial charge in [0.05, 0.1) is 43.4 Å². The molecular formula is C29H32N2O8. The zero-order valence-electron chi connectivity index (χ0n) is 22.2. The van der Waals surface area contributed by atoms with Gasteiger partial charge >= 0.3 is 11.6 Å². The molecular weight excluding hydrogens is 504 g/mol. The summed E-state index contributed by atoms with van der Waals surface area (Å²) in [6.45, 7) is 2.39. The van der Waals surface area contributed by atoms with Crippen molar-refractivity contribution in [3.8, 4) is 11.5 Å². The molecule has 10 heteroatoms. The maximum absolute atomic E-state index is 13.4. The van der Waals surface area contributed by atoms with Crippen LogP contribution in [0, 0.1) is 6.92 Å². The summed E-state index contributed by atoms with van der Waals surface area (Å²) in [6, 6.07) is 12.6. The van der Waals surface area contributed by atoms with Gasteiger partial charge in [-0.2, -0.15) is 0 Å². The predicted octanol–water partition coefficient (Wildman–Crippen LogP) is 2.81. The van der Waals surface area contributed by atoms with Gasteiger partial charge in [-0.3, -0.25) is 14.4 Å². The number of carboxylic acid groups (broad SMARTS) is 1. The molecule has 1 aromatic heterocycles. The third kappa shape index (κ3) is 5.59. The number of nitrogens with zero attached hydrogens (tertiary/aromatic N) is 1. The van der Waals surface area contributed by atoms with Gasteiger partial charge in [0.1, 0.15) is 17.1 Å². The Morgan fingerprint density at radius 3 is 2.38 bits per heavy atom. The van der Waals surface area contributed by atoms with E-state index in [1.165, 1.54) is 14.2 Å². The number of hydrogen-bond donors (Lipinski definition) is 2.